The van der Waals surface area contributed by atoms with E-state index in [-0.39, 0.29) is 17.7 Å². The number of unbranched alkanes of at least 4 members (excludes halogenated alkanes) is 3. The molecule has 11 heteroatoms. The second-order valence-corrected chi connectivity index (χ2v) is 9.36. The third kappa shape index (κ3) is 8.19. The van der Waals surface area contributed by atoms with Crippen molar-refractivity contribution in [1.29, 1.82) is 0 Å². The van der Waals surface area contributed by atoms with Crippen molar-refractivity contribution >= 4 is 35.9 Å². The highest BCUT2D eigenvalue weighted by molar-refractivity contribution is 6.01. The van der Waals surface area contributed by atoms with E-state index in [4.69, 9.17) is 14.2 Å². The smallest absolute Gasteiger partial charge is 0.332 e. The Hall–Kier alpha value is -3.63. The minimum Gasteiger partial charge on any atom is -0.505 e. The van der Waals surface area contributed by atoms with E-state index >= 15 is 0 Å². The molecule has 0 spiro atoms. The number of cyclic esters (lactones) is 2. The zero-order valence-corrected chi connectivity index (χ0v) is 22.4. The van der Waals surface area contributed by atoms with Gasteiger partial charge in [-0.2, -0.15) is 0 Å². The van der Waals surface area contributed by atoms with Gasteiger partial charge in [0.1, 0.15) is 12.2 Å². The van der Waals surface area contributed by atoms with Crippen molar-refractivity contribution in [3.05, 3.63) is 23.8 Å². The fourth-order valence-electron chi connectivity index (χ4n) is 4.28. The van der Waals surface area contributed by atoms with E-state index in [1.165, 1.54) is 32.0 Å². The van der Waals surface area contributed by atoms with Crippen molar-refractivity contribution in [2.75, 3.05) is 5.32 Å². The Kier molecular flexibility index (Phi) is 12.0. The standard InChI is InChI=1S/C27H38N2O9/c1-5-7-8-9-12-19-24(38-21(31)11-6-2)17(4)37-27(35)22(16(3)36-26(19)34)29-25(33)18-13-10-14-20(23(18)32)28-15-30/h10,13-17,19,22,24,32H,5-9,11-12H2,1-4H3,(H,28,30)(H,29,33)/t16-,17+,19-,22+,24+/m0/s1. The maximum absolute atomic E-state index is 13.3. The van der Waals surface area contributed by atoms with Crippen LogP contribution in [0, 0.1) is 5.92 Å². The van der Waals surface area contributed by atoms with E-state index in [9.17, 15) is 29.1 Å². The van der Waals surface area contributed by atoms with E-state index in [1.807, 2.05) is 6.92 Å². The lowest BCUT2D eigenvalue weighted by Gasteiger charge is -2.29. The Morgan fingerprint density at radius 1 is 1.03 bits per heavy atom. The van der Waals surface area contributed by atoms with Crippen LogP contribution in [0.25, 0.3) is 0 Å². The van der Waals surface area contributed by atoms with Crippen LogP contribution in [0.5, 0.6) is 5.75 Å². The number of amides is 2. The average molecular weight is 535 g/mol. The Morgan fingerprint density at radius 3 is 2.39 bits per heavy atom. The van der Waals surface area contributed by atoms with E-state index in [2.05, 4.69) is 17.6 Å². The summed E-state index contributed by atoms with van der Waals surface area (Å²) in [4.78, 5) is 62.5. The van der Waals surface area contributed by atoms with Crippen LogP contribution in [-0.4, -0.2) is 59.7 Å². The molecule has 5 atom stereocenters. The first-order valence-corrected chi connectivity index (χ1v) is 13.1. The lowest BCUT2D eigenvalue weighted by atomic mass is 9.92. The first kappa shape index (κ1) is 30.6. The Balaban J connectivity index is 2.33. The number of aromatic hydroxyl groups is 1. The fraction of sp³-hybridized carbons (Fsp3) is 0.593. The van der Waals surface area contributed by atoms with Crippen LogP contribution in [0.1, 0.15) is 83.0 Å². The van der Waals surface area contributed by atoms with E-state index in [1.54, 1.807) is 0 Å². The van der Waals surface area contributed by atoms with Gasteiger partial charge >= 0.3 is 17.9 Å². The number of esters is 3. The van der Waals surface area contributed by atoms with Gasteiger partial charge in [0.25, 0.3) is 5.91 Å². The molecule has 0 unspecified atom stereocenters. The molecule has 2 amide bonds. The van der Waals surface area contributed by atoms with Crippen LogP contribution in [0.4, 0.5) is 5.69 Å². The van der Waals surface area contributed by atoms with Crippen LogP contribution in [0.2, 0.25) is 0 Å². The summed E-state index contributed by atoms with van der Waals surface area (Å²) in [6, 6.07) is 2.71. The quantitative estimate of drug-likeness (QED) is 0.120. The topological polar surface area (TPSA) is 157 Å². The maximum atomic E-state index is 13.3. The third-order valence-electron chi connectivity index (χ3n) is 6.36. The highest BCUT2D eigenvalue weighted by atomic mass is 16.6. The van der Waals surface area contributed by atoms with Gasteiger partial charge in [-0.25, -0.2) is 4.79 Å². The zero-order chi connectivity index (χ0) is 28.2. The molecular weight excluding hydrogens is 496 g/mol. The number of anilines is 1. The summed E-state index contributed by atoms with van der Waals surface area (Å²) in [5, 5.41) is 15.1. The highest BCUT2D eigenvalue weighted by Gasteiger charge is 2.43. The third-order valence-corrected chi connectivity index (χ3v) is 6.36. The molecule has 210 valence electrons. The highest BCUT2D eigenvalue weighted by Crippen LogP contribution is 2.29. The summed E-state index contributed by atoms with van der Waals surface area (Å²) in [5.74, 6) is -4.27. The molecular formula is C27H38N2O9. The van der Waals surface area contributed by atoms with Crippen molar-refractivity contribution in [1.82, 2.24) is 5.32 Å². The van der Waals surface area contributed by atoms with Gasteiger partial charge in [0.2, 0.25) is 6.41 Å². The van der Waals surface area contributed by atoms with Gasteiger partial charge in [-0.1, -0.05) is 45.6 Å². The van der Waals surface area contributed by atoms with Gasteiger partial charge in [-0.05, 0) is 38.8 Å². The number of carbonyl (C=O) groups excluding carboxylic acids is 5. The van der Waals surface area contributed by atoms with Crippen LogP contribution in [0.15, 0.2) is 18.2 Å². The molecule has 0 aromatic heterocycles. The minimum absolute atomic E-state index is 0.000410. The largest absolute Gasteiger partial charge is 0.505 e. The number of nitrogens with one attached hydrogen (secondary N) is 2. The summed E-state index contributed by atoms with van der Waals surface area (Å²) >= 11 is 0. The van der Waals surface area contributed by atoms with Crippen LogP contribution >= 0.6 is 0 Å². The number of hydrogen-bond acceptors (Lipinski definition) is 9. The van der Waals surface area contributed by atoms with Gasteiger partial charge in [0, 0.05) is 6.42 Å². The van der Waals surface area contributed by atoms with Crippen molar-refractivity contribution in [2.24, 2.45) is 5.92 Å². The summed E-state index contributed by atoms with van der Waals surface area (Å²) in [6.07, 6.45) is 1.78. The number of benzene rings is 1. The number of phenolic OH excluding ortho intramolecular Hbond substituents is 1. The van der Waals surface area contributed by atoms with Gasteiger partial charge < -0.3 is 30.0 Å². The van der Waals surface area contributed by atoms with Gasteiger partial charge in [0.05, 0.1) is 17.2 Å². The molecule has 38 heavy (non-hydrogen) atoms. The normalized spacial score (nSPS) is 23.6. The first-order valence-electron chi connectivity index (χ1n) is 13.1. The average Bonchev–Trinajstić information content (AvgIpc) is 2.89. The molecule has 2 rings (SSSR count). The number of hydrogen-bond donors (Lipinski definition) is 3. The SMILES string of the molecule is CCCCCC[C@@H]1C(=O)O[C@@H](C)[C@@H](NC(=O)c2cccc(NC=O)c2O)C(=O)O[C@H](C)[C@H]1OC(=O)CCC. The molecule has 1 aromatic rings. The number of para-hydroxylation sites is 1. The van der Waals surface area contributed by atoms with Gasteiger partial charge in [0.15, 0.2) is 17.9 Å². The van der Waals surface area contributed by atoms with Gasteiger partial charge in [-0.3, -0.25) is 19.2 Å². The lowest BCUT2D eigenvalue weighted by molar-refractivity contribution is -0.175. The Morgan fingerprint density at radius 2 is 1.74 bits per heavy atom. The number of carbonyl (C=O) groups is 5. The molecule has 1 aliphatic heterocycles. The number of rotatable bonds is 12. The first-order chi connectivity index (χ1) is 18.1. The molecule has 1 aromatic carbocycles. The molecule has 1 aliphatic rings. The van der Waals surface area contributed by atoms with Crippen molar-refractivity contribution < 1.29 is 43.3 Å². The molecule has 1 fully saturated rings. The Labute approximate surface area is 222 Å². The molecule has 0 radical (unpaired) electrons. The van der Waals surface area contributed by atoms with E-state index in [0.29, 0.717) is 25.7 Å². The number of phenols is 1. The molecule has 11 nitrogen and oxygen atoms in total. The molecule has 0 bridgehead atoms. The van der Waals surface area contributed by atoms with Crippen molar-refractivity contribution in [3.8, 4) is 5.75 Å². The second kappa shape index (κ2) is 14.9. The monoisotopic (exact) mass is 534 g/mol. The zero-order valence-electron chi connectivity index (χ0n) is 22.4. The lowest BCUT2D eigenvalue weighted by Crippen LogP contribution is -2.50. The molecule has 0 aliphatic carbocycles. The molecule has 1 heterocycles. The van der Waals surface area contributed by atoms with Crippen molar-refractivity contribution in [3.63, 3.8) is 0 Å². The summed E-state index contributed by atoms with van der Waals surface area (Å²) in [7, 11) is 0. The molecule has 3 N–H and O–H groups in total. The van der Waals surface area contributed by atoms with Crippen LogP contribution < -0.4 is 10.6 Å². The molecule has 1 saturated heterocycles. The predicted molar refractivity (Wildman–Crippen MR) is 137 cm³/mol. The number of ether oxygens (including phenoxy) is 3. The summed E-state index contributed by atoms with van der Waals surface area (Å²) in [6.45, 7) is 6.86. The predicted octanol–water partition coefficient (Wildman–Crippen LogP) is 3.23. The van der Waals surface area contributed by atoms with E-state index < -0.39 is 59.8 Å². The fourth-order valence-corrected chi connectivity index (χ4v) is 4.28. The summed E-state index contributed by atoms with van der Waals surface area (Å²) < 4.78 is 16.8. The van der Waals surface area contributed by atoms with Gasteiger partial charge in [-0.15, -0.1) is 0 Å². The maximum Gasteiger partial charge on any atom is 0.332 e. The second-order valence-electron chi connectivity index (χ2n) is 9.36. The van der Waals surface area contributed by atoms with Crippen LogP contribution in [0.3, 0.4) is 0 Å². The Bertz CT molecular complexity index is 997. The minimum atomic E-state index is -1.41. The molecule has 0 saturated carbocycles. The van der Waals surface area contributed by atoms with Crippen molar-refractivity contribution in [2.45, 2.75) is 97.0 Å². The van der Waals surface area contributed by atoms with Crippen LogP contribution in [-0.2, 0) is 33.4 Å². The van der Waals surface area contributed by atoms with E-state index in [0.717, 1.165) is 19.3 Å². The summed E-state index contributed by atoms with van der Waals surface area (Å²) in [5.41, 5.74) is -0.211.